The Bertz CT molecular complexity index is 2610. The van der Waals surface area contributed by atoms with Crippen LogP contribution >= 0.6 is 23.5 Å². The summed E-state index contributed by atoms with van der Waals surface area (Å²) >= 11 is 2.22. The summed E-state index contributed by atoms with van der Waals surface area (Å²) in [7, 11) is 5.60. The van der Waals surface area contributed by atoms with E-state index in [2.05, 4.69) is 20.6 Å². The number of benzene rings is 4. The lowest BCUT2D eigenvalue weighted by Gasteiger charge is -2.21. The van der Waals surface area contributed by atoms with E-state index in [1.165, 1.54) is 62.1 Å². The molecule has 0 bridgehead atoms. The molecule has 21 heteroatoms. The number of nitrogens with zero attached hydrogens (tertiary/aromatic N) is 5. The minimum Gasteiger partial charge on any atom is -0.502 e. The summed E-state index contributed by atoms with van der Waals surface area (Å²) in [6, 6.07) is 23.2. The number of hydrogen-bond donors (Lipinski definition) is 6. The molecule has 0 radical (unpaired) electrons. The Hall–Kier alpha value is -7.65. The van der Waals surface area contributed by atoms with Crippen molar-refractivity contribution in [1.82, 2.24) is 20.4 Å². The normalized spacial score (nSPS) is 16.4. The molecule has 8 N–H and O–H groups in total. The van der Waals surface area contributed by atoms with Gasteiger partial charge in [-0.25, -0.2) is 9.98 Å². The number of phenols is 2. The van der Waals surface area contributed by atoms with E-state index in [4.69, 9.17) is 35.4 Å². The Labute approximate surface area is 401 Å². The number of nitrogens with one attached hydrogen (secondary N) is 2. The molecular formula is C47H51N9O10S2. The van der Waals surface area contributed by atoms with Gasteiger partial charge in [0, 0.05) is 19.6 Å². The van der Waals surface area contributed by atoms with E-state index < -0.39 is 30.3 Å². The van der Waals surface area contributed by atoms with E-state index in [1.807, 2.05) is 36.4 Å². The average molecular weight is 966 g/mol. The molecule has 356 valence electrons. The van der Waals surface area contributed by atoms with Crippen LogP contribution in [-0.4, -0.2) is 121 Å². The fourth-order valence-corrected chi connectivity index (χ4v) is 8.79. The van der Waals surface area contributed by atoms with E-state index in [-0.39, 0.29) is 82.5 Å². The number of methoxy groups -OCH3 is 4. The zero-order valence-electron chi connectivity index (χ0n) is 37.6. The molecule has 2 saturated heterocycles. The van der Waals surface area contributed by atoms with Crippen molar-refractivity contribution < 1.29 is 48.3 Å². The van der Waals surface area contributed by atoms with Crippen LogP contribution in [0.3, 0.4) is 0 Å². The third-order valence-electron chi connectivity index (χ3n) is 10.1. The smallest absolute Gasteiger partial charge is 0.267 e. The van der Waals surface area contributed by atoms with Gasteiger partial charge in [-0.1, -0.05) is 36.4 Å². The number of phenolic OH excluding ortho intramolecular Hbond substituents is 2. The molecule has 0 saturated carbocycles. The van der Waals surface area contributed by atoms with Crippen molar-refractivity contribution in [3.8, 4) is 34.5 Å². The first kappa shape index (κ1) is 49.8. The van der Waals surface area contributed by atoms with Gasteiger partial charge in [-0.05, 0) is 115 Å². The monoisotopic (exact) mass is 965 g/mol. The van der Waals surface area contributed by atoms with E-state index >= 15 is 0 Å². The molecule has 0 aromatic heterocycles. The number of amidine groups is 2. The number of rotatable bonds is 20. The Balaban J connectivity index is 1.17. The van der Waals surface area contributed by atoms with Crippen molar-refractivity contribution in [3.05, 3.63) is 106 Å². The largest absolute Gasteiger partial charge is 0.502 e. The number of amides is 4. The van der Waals surface area contributed by atoms with E-state index in [0.29, 0.717) is 45.4 Å². The highest BCUT2D eigenvalue weighted by Gasteiger charge is 2.36. The molecule has 2 aliphatic heterocycles. The van der Waals surface area contributed by atoms with E-state index in [0.717, 1.165) is 11.8 Å². The predicted octanol–water partition coefficient (Wildman–Crippen LogP) is 5.09. The molecule has 2 fully saturated rings. The molecule has 4 aromatic carbocycles. The van der Waals surface area contributed by atoms with Crippen molar-refractivity contribution in [2.24, 2.45) is 26.4 Å². The number of aromatic hydroxyl groups is 2. The highest BCUT2D eigenvalue weighted by Crippen LogP contribution is 2.41. The number of guanidine groups is 1. The summed E-state index contributed by atoms with van der Waals surface area (Å²) in [5, 5.41) is 27.2. The number of para-hydroxylation sites is 2. The molecule has 4 aromatic rings. The molecule has 0 unspecified atom stereocenters. The van der Waals surface area contributed by atoms with Crippen molar-refractivity contribution in [3.63, 3.8) is 0 Å². The number of nitrogens with two attached hydrogens (primary N) is 2. The van der Waals surface area contributed by atoms with Crippen molar-refractivity contribution in [1.29, 1.82) is 0 Å². The fourth-order valence-electron chi connectivity index (χ4n) is 6.77. The van der Waals surface area contributed by atoms with E-state index in [9.17, 15) is 29.4 Å². The standard InChI is InChI=1S/C47H51N9O10S2/c1-63-33-21-28(22-34(64-2)40(33)58)25-37-43(61)55(46(67-37)52-30-13-7-5-8-14-30)20-12-19-50-42(60)32(17-11-18-51-45(48)49)54-39(57)27-56-44(62)38(68-47(56)53-31-15-9-6-10-16-31)26-29-23-35(65-3)41(59)36(24-29)66-4/h5-10,13-16,21-26,32,58-59H,11-12,17-20,27H2,1-4H3,(H,50,60)(H,54,57)(H4,48,49,51)/b37-25-,38-26-,52-46?,53-47?/t32-/m0/s1. The minimum absolute atomic E-state index is 0.119. The van der Waals surface area contributed by atoms with Crippen LogP contribution < -0.4 is 41.0 Å². The van der Waals surface area contributed by atoms with Crippen LogP contribution in [0.2, 0.25) is 0 Å². The molecule has 68 heavy (non-hydrogen) atoms. The Kier molecular flexibility index (Phi) is 17.3. The molecule has 2 aliphatic rings. The van der Waals surface area contributed by atoms with Crippen LogP contribution in [0.4, 0.5) is 11.4 Å². The first-order chi connectivity index (χ1) is 32.8. The summed E-state index contributed by atoms with van der Waals surface area (Å²) in [6.45, 7) is 0.00681. The zero-order chi connectivity index (χ0) is 48.7. The molecule has 0 aliphatic carbocycles. The number of thioether (sulfide) groups is 2. The lowest BCUT2D eigenvalue weighted by Crippen LogP contribution is -2.50. The average Bonchev–Trinajstić information content (AvgIpc) is 3.78. The van der Waals surface area contributed by atoms with Crippen LogP contribution in [0, 0.1) is 0 Å². The summed E-state index contributed by atoms with van der Waals surface area (Å²) in [6.07, 6.45) is 4.01. The highest BCUT2D eigenvalue weighted by atomic mass is 32.2. The fraction of sp³-hybridized carbons (Fsp3) is 0.255. The lowest BCUT2D eigenvalue weighted by atomic mass is 10.1. The number of aliphatic imine (C=N–C) groups is 3. The van der Waals surface area contributed by atoms with Crippen molar-refractivity contribution >= 4 is 87.0 Å². The van der Waals surface area contributed by atoms with Crippen LogP contribution in [0.5, 0.6) is 34.5 Å². The SMILES string of the molecule is COc1cc(/C=C2\SC(=Nc3ccccc3)N(CCCNC(=O)[C@H](CCCN=C(N)N)NC(=O)CN3C(=O)/C(=C/c4cc(OC)c(O)c(OC)c4)SC3=Nc3ccccc3)C2=O)cc(OC)c1O. The van der Waals surface area contributed by atoms with Crippen LogP contribution in [0.1, 0.15) is 30.4 Å². The van der Waals surface area contributed by atoms with Gasteiger partial charge < -0.3 is 51.3 Å². The van der Waals surface area contributed by atoms with Gasteiger partial charge in [0.25, 0.3) is 11.8 Å². The molecule has 19 nitrogen and oxygen atoms in total. The summed E-state index contributed by atoms with van der Waals surface area (Å²) in [5.74, 6) is -1.88. The maximum Gasteiger partial charge on any atom is 0.267 e. The molecule has 0 spiro atoms. The summed E-state index contributed by atoms with van der Waals surface area (Å²) in [4.78, 5) is 72.4. The zero-order valence-corrected chi connectivity index (χ0v) is 39.3. The van der Waals surface area contributed by atoms with Gasteiger partial charge in [0.05, 0.1) is 49.6 Å². The molecule has 6 rings (SSSR count). The molecule has 4 amide bonds. The third kappa shape index (κ3) is 12.8. The number of hydrogen-bond acceptors (Lipinski definition) is 15. The van der Waals surface area contributed by atoms with Crippen molar-refractivity contribution in [2.45, 2.75) is 25.3 Å². The summed E-state index contributed by atoms with van der Waals surface area (Å²) < 4.78 is 21.2. The van der Waals surface area contributed by atoms with Crippen LogP contribution in [-0.2, 0) is 19.2 Å². The van der Waals surface area contributed by atoms with E-state index in [1.54, 1.807) is 48.6 Å². The highest BCUT2D eigenvalue weighted by molar-refractivity contribution is 8.19. The maximum atomic E-state index is 14.0. The first-order valence-electron chi connectivity index (χ1n) is 21.0. The van der Waals surface area contributed by atoms with Crippen LogP contribution in [0.25, 0.3) is 12.2 Å². The number of ether oxygens (including phenoxy) is 4. The quantitative estimate of drug-likeness (QED) is 0.0292. The topological polar surface area (TPSA) is 265 Å². The Morgan fingerprint density at radius 1 is 0.706 bits per heavy atom. The van der Waals surface area contributed by atoms with Gasteiger partial charge in [0.15, 0.2) is 39.3 Å². The summed E-state index contributed by atoms with van der Waals surface area (Å²) in [5.41, 5.74) is 13.3. The van der Waals surface area contributed by atoms with Gasteiger partial charge in [-0.15, -0.1) is 0 Å². The van der Waals surface area contributed by atoms with Crippen molar-refractivity contribution in [2.75, 3.05) is 54.6 Å². The Morgan fingerprint density at radius 3 is 1.62 bits per heavy atom. The molecular weight excluding hydrogens is 915 g/mol. The second-order valence-electron chi connectivity index (χ2n) is 14.8. The molecule has 1 atom stereocenters. The van der Waals surface area contributed by atoms with Gasteiger partial charge in [0.2, 0.25) is 23.3 Å². The lowest BCUT2D eigenvalue weighted by molar-refractivity contribution is -0.131. The Morgan fingerprint density at radius 2 is 1.16 bits per heavy atom. The number of carbonyl (C=O) groups is 4. The predicted molar refractivity (Wildman–Crippen MR) is 264 cm³/mol. The minimum atomic E-state index is -1.06. The van der Waals surface area contributed by atoms with Gasteiger partial charge in [0.1, 0.15) is 12.6 Å². The van der Waals surface area contributed by atoms with Gasteiger partial charge in [-0.3, -0.25) is 34.0 Å². The van der Waals surface area contributed by atoms with Crippen LogP contribution in [0.15, 0.2) is 110 Å². The first-order valence-corrected chi connectivity index (χ1v) is 22.7. The van der Waals surface area contributed by atoms with Gasteiger partial charge in [-0.2, -0.15) is 0 Å². The maximum absolute atomic E-state index is 14.0. The second kappa shape index (κ2) is 23.7. The number of carbonyl (C=O) groups excluding carboxylic acids is 4. The second-order valence-corrected chi connectivity index (χ2v) is 16.8. The van der Waals surface area contributed by atoms with Gasteiger partial charge >= 0.3 is 0 Å². The third-order valence-corrected chi connectivity index (χ3v) is 12.1. The molecule has 2 heterocycles.